The third kappa shape index (κ3) is 1.91. The Hall–Kier alpha value is -2.49. The fraction of sp³-hybridized carbons (Fsp3) is 0.133. The number of benzene rings is 1. The van der Waals surface area contributed by atoms with Crippen molar-refractivity contribution in [2.45, 2.75) is 6.92 Å². The first-order valence-corrected chi connectivity index (χ1v) is 6.10. The summed E-state index contributed by atoms with van der Waals surface area (Å²) in [6, 6.07) is 12.0. The Bertz CT molecular complexity index is 710. The average Bonchev–Trinajstić information content (AvgIpc) is 2.96. The van der Waals surface area contributed by atoms with Gasteiger partial charge in [0.05, 0.1) is 5.56 Å². The molecule has 0 unspecified atom stereocenters. The van der Waals surface area contributed by atoms with Gasteiger partial charge in [0.2, 0.25) is 0 Å². The molecule has 4 nitrogen and oxygen atoms in total. The molecule has 0 fully saturated rings. The summed E-state index contributed by atoms with van der Waals surface area (Å²) in [6.07, 6.45) is 1.71. The molecule has 19 heavy (non-hydrogen) atoms. The lowest BCUT2D eigenvalue weighted by atomic mass is 10.0. The number of hydrogen-bond acceptors (Lipinski definition) is 3. The van der Waals surface area contributed by atoms with Crippen molar-refractivity contribution in [3.05, 3.63) is 48.4 Å². The van der Waals surface area contributed by atoms with E-state index in [4.69, 9.17) is 10.2 Å². The number of anilines is 1. The SMILES string of the molecule is Cc1cc(-c2nn(C)c(N)c2-c2ccccc2)co1. The lowest BCUT2D eigenvalue weighted by Gasteiger charge is -2.02. The van der Waals surface area contributed by atoms with Crippen LogP contribution in [0.25, 0.3) is 22.4 Å². The van der Waals surface area contributed by atoms with Crippen LogP contribution in [0, 0.1) is 6.92 Å². The van der Waals surface area contributed by atoms with Gasteiger partial charge in [0.15, 0.2) is 0 Å². The minimum Gasteiger partial charge on any atom is -0.469 e. The van der Waals surface area contributed by atoms with Crippen LogP contribution in [0.15, 0.2) is 47.1 Å². The smallest absolute Gasteiger partial charge is 0.129 e. The monoisotopic (exact) mass is 253 g/mol. The zero-order valence-corrected chi connectivity index (χ0v) is 10.9. The molecule has 3 aromatic rings. The average molecular weight is 253 g/mol. The molecule has 0 saturated carbocycles. The quantitative estimate of drug-likeness (QED) is 0.762. The maximum Gasteiger partial charge on any atom is 0.129 e. The second-order valence-electron chi connectivity index (χ2n) is 4.54. The Morgan fingerprint density at radius 3 is 2.53 bits per heavy atom. The summed E-state index contributed by atoms with van der Waals surface area (Å²) in [7, 11) is 1.85. The largest absolute Gasteiger partial charge is 0.469 e. The summed E-state index contributed by atoms with van der Waals surface area (Å²) < 4.78 is 7.06. The van der Waals surface area contributed by atoms with Crippen LogP contribution in [-0.4, -0.2) is 9.78 Å². The number of hydrogen-bond donors (Lipinski definition) is 1. The van der Waals surface area contributed by atoms with Gasteiger partial charge >= 0.3 is 0 Å². The first kappa shape index (κ1) is 11.6. The zero-order valence-electron chi connectivity index (χ0n) is 10.9. The number of nitrogen functional groups attached to an aromatic ring is 1. The van der Waals surface area contributed by atoms with Crippen LogP contribution >= 0.6 is 0 Å². The molecule has 0 atom stereocenters. The van der Waals surface area contributed by atoms with Crippen molar-refractivity contribution in [1.29, 1.82) is 0 Å². The topological polar surface area (TPSA) is 57.0 Å². The van der Waals surface area contributed by atoms with E-state index in [2.05, 4.69) is 5.10 Å². The van der Waals surface area contributed by atoms with Gasteiger partial charge in [-0.2, -0.15) is 5.10 Å². The van der Waals surface area contributed by atoms with Crippen molar-refractivity contribution in [3.63, 3.8) is 0 Å². The van der Waals surface area contributed by atoms with Gasteiger partial charge in [0.25, 0.3) is 0 Å². The predicted molar refractivity (Wildman–Crippen MR) is 75.5 cm³/mol. The number of nitrogens with zero attached hydrogens (tertiary/aromatic N) is 2. The van der Waals surface area contributed by atoms with Crippen LogP contribution in [-0.2, 0) is 7.05 Å². The highest BCUT2D eigenvalue weighted by molar-refractivity contribution is 5.87. The predicted octanol–water partition coefficient (Wildman–Crippen LogP) is 3.24. The Balaban J connectivity index is 2.24. The molecule has 2 N–H and O–H groups in total. The van der Waals surface area contributed by atoms with Crippen molar-refractivity contribution in [2.75, 3.05) is 5.73 Å². The van der Waals surface area contributed by atoms with E-state index in [0.717, 1.165) is 28.1 Å². The van der Waals surface area contributed by atoms with Gasteiger partial charge < -0.3 is 10.2 Å². The lowest BCUT2D eigenvalue weighted by Crippen LogP contribution is -1.97. The van der Waals surface area contributed by atoms with Crippen LogP contribution in [0.2, 0.25) is 0 Å². The van der Waals surface area contributed by atoms with Crippen LogP contribution in [0.5, 0.6) is 0 Å². The van der Waals surface area contributed by atoms with Gasteiger partial charge in [-0.25, -0.2) is 0 Å². The van der Waals surface area contributed by atoms with Crippen molar-refractivity contribution < 1.29 is 4.42 Å². The van der Waals surface area contributed by atoms with Gasteiger partial charge in [0.1, 0.15) is 23.5 Å². The third-order valence-corrected chi connectivity index (χ3v) is 3.16. The minimum absolute atomic E-state index is 0.653. The fourth-order valence-electron chi connectivity index (χ4n) is 2.20. The Kier molecular flexibility index (Phi) is 2.63. The summed E-state index contributed by atoms with van der Waals surface area (Å²) >= 11 is 0. The zero-order chi connectivity index (χ0) is 13.4. The molecule has 2 heterocycles. The van der Waals surface area contributed by atoms with Gasteiger partial charge in [-0.15, -0.1) is 0 Å². The number of furan rings is 1. The summed E-state index contributed by atoms with van der Waals surface area (Å²) in [6.45, 7) is 1.91. The number of aryl methyl sites for hydroxylation is 2. The molecule has 0 aliphatic heterocycles. The first-order valence-electron chi connectivity index (χ1n) is 6.10. The van der Waals surface area contributed by atoms with Crippen LogP contribution in [0.1, 0.15) is 5.76 Å². The summed E-state index contributed by atoms with van der Waals surface area (Å²) in [5.74, 6) is 1.51. The number of nitrogens with two attached hydrogens (primary N) is 1. The maximum atomic E-state index is 6.15. The highest BCUT2D eigenvalue weighted by atomic mass is 16.3. The van der Waals surface area contributed by atoms with Crippen LogP contribution in [0.4, 0.5) is 5.82 Å². The fourth-order valence-corrected chi connectivity index (χ4v) is 2.20. The lowest BCUT2D eigenvalue weighted by molar-refractivity contribution is 0.535. The molecule has 3 rings (SSSR count). The number of rotatable bonds is 2. The standard InChI is InChI=1S/C15H15N3O/c1-10-8-12(9-19-10)14-13(15(16)18(2)17-14)11-6-4-3-5-7-11/h3-9H,16H2,1-2H3. The highest BCUT2D eigenvalue weighted by Gasteiger charge is 2.18. The van der Waals surface area contributed by atoms with E-state index < -0.39 is 0 Å². The molecule has 0 aliphatic carbocycles. The molecule has 0 aliphatic rings. The Labute approximate surface area is 111 Å². The molecule has 2 aromatic heterocycles. The van der Waals surface area contributed by atoms with E-state index in [9.17, 15) is 0 Å². The molecular weight excluding hydrogens is 238 g/mol. The molecule has 0 bridgehead atoms. The molecule has 0 saturated heterocycles. The van der Waals surface area contributed by atoms with Crippen LogP contribution in [0.3, 0.4) is 0 Å². The second kappa shape index (κ2) is 4.31. The van der Waals surface area contributed by atoms with Gasteiger partial charge in [-0.1, -0.05) is 30.3 Å². The highest BCUT2D eigenvalue weighted by Crippen LogP contribution is 2.36. The second-order valence-corrected chi connectivity index (χ2v) is 4.54. The molecule has 0 radical (unpaired) electrons. The van der Waals surface area contributed by atoms with E-state index >= 15 is 0 Å². The molecule has 96 valence electrons. The van der Waals surface area contributed by atoms with E-state index in [1.54, 1.807) is 10.9 Å². The Morgan fingerprint density at radius 2 is 1.89 bits per heavy atom. The van der Waals surface area contributed by atoms with E-state index in [1.165, 1.54) is 0 Å². The summed E-state index contributed by atoms with van der Waals surface area (Å²) in [5, 5.41) is 4.50. The summed E-state index contributed by atoms with van der Waals surface area (Å²) in [5.41, 5.74) is 9.95. The van der Waals surface area contributed by atoms with Crippen molar-refractivity contribution in [1.82, 2.24) is 9.78 Å². The normalized spacial score (nSPS) is 10.8. The van der Waals surface area contributed by atoms with Gasteiger partial charge in [0, 0.05) is 12.6 Å². The van der Waals surface area contributed by atoms with E-state index in [1.807, 2.05) is 50.4 Å². The third-order valence-electron chi connectivity index (χ3n) is 3.16. The molecule has 0 amide bonds. The van der Waals surface area contributed by atoms with E-state index in [0.29, 0.717) is 5.82 Å². The van der Waals surface area contributed by atoms with Crippen molar-refractivity contribution in [2.24, 2.45) is 7.05 Å². The van der Waals surface area contributed by atoms with Crippen LogP contribution < -0.4 is 5.73 Å². The molecular formula is C15H15N3O. The van der Waals surface area contributed by atoms with E-state index in [-0.39, 0.29) is 0 Å². The molecule has 1 aromatic carbocycles. The van der Waals surface area contributed by atoms with Crippen molar-refractivity contribution in [3.8, 4) is 22.4 Å². The Morgan fingerprint density at radius 1 is 1.16 bits per heavy atom. The first-order chi connectivity index (χ1) is 9.16. The number of aromatic nitrogens is 2. The molecule has 0 spiro atoms. The molecule has 4 heteroatoms. The van der Waals surface area contributed by atoms with Gasteiger partial charge in [-0.3, -0.25) is 4.68 Å². The maximum absolute atomic E-state index is 6.15. The van der Waals surface area contributed by atoms with Gasteiger partial charge in [-0.05, 0) is 18.6 Å². The summed E-state index contributed by atoms with van der Waals surface area (Å²) in [4.78, 5) is 0. The van der Waals surface area contributed by atoms with Crippen molar-refractivity contribution >= 4 is 5.82 Å². The minimum atomic E-state index is 0.653.